The van der Waals surface area contributed by atoms with Crippen LogP contribution in [0.25, 0.3) is 11.1 Å². The van der Waals surface area contributed by atoms with Crippen molar-refractivity contribution in [3.63, 3.8) is 0 Å². The Hall–Kier alpha value is -3.66. The number of rotatable bonds is 6. The molecule has 2 aliphatic rings. The van der Waals surface area contributed by atoms with Crippen LogP contribution in [-0.4, -0.2) is 75.8 Å². The molecule has 1 fully saturated rings. The van der Waals surface area contributed by atoms with Crippen LogP contribution in [0, 0.1) is 11.8 Å². The average molecular weight is 483 g/mol. The maximum absolute atomic E-state index is 13.6. The molecule has 186 valence electrons. The number of carboxylic acid groups (broad SMARTS) is 1. The van der Waals surface area contributed by atoms with Crippen molar-refractivity contribution in [2.24, 2.45) is 11.8 Å². The first-order valence-corrected chi connectivity index (χ1v) is 11.7. The van der Waals surface area contributed by atoms with E-state index >= 15 is 0 Å². The van der Waals surface area contributed by atoms with Gasteiger partial charge in [0.1, 0.15) is 0 Å². The Morgan fingerprint density at radius 1 is 1.17 bits per heavy atom. The highest BCUT2D eigenvalue weighted by Gasteiger charge is 2.57. The number of aliphatic hydroxyl groups is 1. The second-order valence-corrected chi connectivity index (χ2v) is 9.23. The molecule has 35 heavy (non-hydrogen) atoms. The van der Waals surface area contributed by atoms with E-state index in [1.165, 1.54) is 14.4 Å². The predicted octanol–water partition coefficient (Wildman–Crippen LogP) is 1.38. The summed E-state index contributed by atoms with van der Waals surface area (Å²) in [5, 5.41) is 22.9. The van der Waals surface area contributed by atoms with Crippen LogP contribution in [0.4, 0.5) is 4.79 Å². The molecule has 10 heteroatoms. The summed E-state index contributed by atoms with van der Waals surface area (Å²) in [5.74, 6) is -3.07. The summed E-state index contributed by atoms with van der Waals surface area (Å²) in [6.07, 6.45) is 0.718. The van der Waals surface area contributed by atoms with E-state index in [0.29, 0.717) is 28.9 Å². The molecule has 3 amide bonds. The second-order valence-electron chi connectivity index (χ2n) is 9.23. The number of carbonyl (C=O) groups excluding carboxylic acids is 2. The Bertz CT molecular complexity index is 1220. The van der Waals surface area contributed by atoms with E-state index in [9.17, 15) is 29.4 Å². The fraction of sp³-hybridized carbons (Fsp3) is 0.440. The van der Waals surface area contributed by atoms with Crippen LogP contribution in [-0.2, 0) is 11.3 Å². The number of urea groups is 1. The predicted molar refractivity (Wildman–Crippen MR) is 128 cm³/mol. The number of nitrogens with one attached hydrogen (secondary N) is 1. The third-order valence-electron chi connectivity index (χ3n) is 6.92. The number of amides is 3. The van der Waals surface area contributed by atoms with Crippen LogP contribution in [0.3, 0.4) is 0 Å². The van der Waals surface area contributed by atoms with Crippen LogP contribution in [0.2, 0.25) is 0 Å². The molecule has 0 unspecified atom stereocenters. The third-order valence-corrected chi connectivity index (χ3v) is 6.92. The first kappa shape index (κ1) is 24.5. The molecular formula is C25H30N4O6. The lowest BCUT2D eigenvalue weighted by atomic mass is 9.87. The Balaban J connectivity index is 1.81. The number of carbonyl (C=O) groups is 3. The number of aromatic nitrogens is 1. The topological polar surface area (TPSA) is 132 Å². The number of hydrogen-bond acceptors (Lipinski definition) is 5. The van der Waals surface area contributed by atoms with E-state index in [-0.39, 0.29) is 18.0 Å². The molecule has 3 heterocycles. The molecular weight excluding hydrogens is 452 g/mol. The summed E-state index contributed by atoms with van der Waals surface area (Å²) in [4.78, 5) is 54.2. The SMILES string of the molecule is CCCNC(=O)N1[C@@H]2c3ccc(-c4cccc(C(=O)N(C)C)c4)c(=O)n3C[C@H]1[C@H](CO)[C@H]2C(=O)O. The molecule has 1 aromatic carbocycles. The lowest BCUT2D eigenvalue weighted by Crippen LogP contribution is -2.52. The highest BCUT2D eigenvalue weighted by atomic mass is 16.4. The Labute approximate surface area is 202 Å². The summed E-state index contributed by atoms with van der Waals surface area (Å²) >= 11 is 0. The average Bonchev–Trinajstić information content (AvgIpc) is 3.09. The van der Waals surface area contributed by atoms with Gasteiger partial charge in [-0.05, 0) is 36.2 Å². The minimum Gasteiger partial charge on any atom is -0.481 e. The van der Waals surface area contributed by atoms with Crippen molar-refractivity contribution < 1.29 is 24.6 Å². The summed E-state index contributed by atoms with van der Waals surface area (Å²) in [6.45, 7) is 2.01. The highest BCUT2D eigenvalue weighted by Crippen LogP contribution is 2.48. The van der Waals surface area contributed by atoms with Gasteiger partial charge in [0.15, 0.2) is 0 Å². The van der Waals surface area contributed by atoms with Crippen LogP contribution < -0.4 is 10.9 Å². The molecule has 0 radical (unpaired) electrons. The third kappa shape index (κ3) is 4.07. The number of aliphatic carboxylic acids is 1. The molecule has 10 nitrogen and oxygen atoms in total. The Morgan fingerprint density at radius 2 is 1.91 bits per heavy atom. The van der Waals surface area contributed by atoms with E-state index in [1.807, 2.05) is 6.92 Å². The smallest absolute Gasteiger partial charge is 0.318 e. The standard InChI is InChI=1S/C25H30N4O6/c1-4-10-26-25(35)29-19-12-28-18(21(29)20(24(33)34)17(19)13-30)9-8-16(23(28)32)14-6-5-7-15(11-14)22(31)27(2)3/h5-9,11,17,19-21,30H,4,10,12-13H2,1-3H3,(H,26,35)(H,33,34)/t17-,19-,20+,21+/m0/s1. The highest BCUT2D eigenvalue weighted by molar-refractivity contribution is 5.95. The summed E-state index contributed by atoms with van der Waals surface area (Å²) in [7, 11) is 3.30. The van der Waals surface area contributed by atoms with Gasteiger partial charge in [-0.2, -0.15) is 0 Å². The van der Waals surface area contributed by atoms with Crippen molar-refractivity contribution in [1.29, 1.82) is 0 Å². The fourth-order valence-electron chi connectivity index (χ4n) is 5.29. The van der Waals surface area contributed by atoms with Crippen LogP contribution in [0.1, 0.15) is 35.4 Å². The zero-order valence-corrected chi connectivity index (χ0v) is 20.0. The van der Waals surface area contributed by atoms with Crippen molar-refractivity contribution in [2.75, 3.05) is 27.2 Å². The molecule has 0 spiro atoms. The first-order valence-electron chi connectivity index (χ1n) is 11.7. The number of nitrogens with zero attached hydrogens (tertiary/aromatic N) is 3. The summed E-state index contributed by atoms with van der Waals surface area (Å²) in [6, 6.07) is 8.14. The van der Waals surface area contributed by atoms with Crippen LogP contribution in [0.15, 0.2) is 41.2 Å². The minimum absolute atomic E-state index is 0.0728. The number of fused-ring (bicyclic) bond motifs is 4. The number of hydrogen-bond donors (Lipinski definition) is 3. The van der Waals surface area contributed by atoms with E-state index in [1.54, 1.807) is 50.5 Å². The van der Waals surface area contributed by atoms with Gasteiger partial charge in [0.25, 0.3) is 11.5 Å². The van der Waals surface area contributed by atoms with E-state index < -0.39 is 42.5 Å². The van der Waals surface area contributed by atoms with Crippen molar-refractivity contribution in [3.8, 4) is 11.1 Å². The van der Waals surface area contributed by atoms with Gasteiger partial charge in [0.2, 0.25) is 0 Å². The van der Waals surface area contributed by atoms with Crippen LogP contribution in [0.5, 0.6) is 0 Å². The zero-order chi connectivity index (χ0) is 25.4. The molecule has 2 aliphatic heterocycles. The molecule has 0 saturated carbocycles. The van der Waals surface area contributed by atoms with Gasteiger partial charge in [-0.15, -0.1) is 0 Å². The van der Waals surface area contributed by atoms with Gasteiger partial charge in [-0.1, -0.05) is 19.1 Å². The molecule has 0 aliphatic carbocycles. The Morgan fingerprint density at radius 3 is 2.54 bits per heavy atom. The maximum atomic E-state index is 13.6. The van der Waals surface area contributed by atoms with E-state index in [4.69, 9.17) is 0 Å². The quantitative estimate of drug-likeness (QED) is 0.570. The molecule has 2 bridgehead atoms. The van der Waals surface area contributed by atoms with Crippen molar-refractivity contribution in [1.82, 2.24) is 19.7 Å². The van der Waals surface area contributed by atoms with E-state index in [0.717, 1.165) is 6.42 Å². The zero-order valence-electron chi connectivity index (χ0n) is 20.0. The molecule has 2 aromatic rings. The lowest BCUT2D eigenvalue weighted by molar-refractivity contribution is -0.144. The van der Waals surface area contributed by atoms with Gasteiger partial charge in [-0.25, -0.2) is 4.79 Å². The van der Waals surface area contributed by atoms with Gasteiger partial charge < -0.3 is 29.9 Å². The molecule has 1 aromatic heterocycles. The lowest BCUT2D eigenvalue weighted by Gasteiger charge is -2.38. The van der Waals surface area contributed by atoms with Gasteiger partial charge >= 0.3 is 12.0 Å². The van der Waals surface area contributed by atoms with Gasteiger partial charge in [0, 0.05) is 56.5 Å². The number of aliphatic hydroxyl groups excluding tert-OH is 1. The second kappa shape index (κ2) is 9.53. The molecule has 1 saturated heterocycles. The van der Waals surface area contributed by atoms with E-state index in [2.05, 4.69) is 5.32 Å². The maximum Gasteiger partial charge on any atom is 0.318 e. The van der Waals surface area contributed by atoms with Gasteiger partial charge in [0.05, 0.1) is 18.0 Å². The minimum atomic E-state index is -1.12. The van der Waals surface area contributed by atoms with Crippen LogP contribution >= 0.6 is 0 Å². The monoisotopic (exact) mass is 482 g/mol. The number of carboxylic acids is 1. The first-order chi connectivity index (χ1) is 16.7. The van der Waals surface area contributed by atoms with Gasteiger partial charge in [-0.3, -0.25) is 14.4 Å². The molecule has 3 N–H and O–H groups in total. The fourth-order valence-corrected chi connectivity index (χ4v) is 5.29. The normalized spacial score (nSPS) is 22.5. The van der Waals surface area contributed by atoms with Crippen molar-refractivity contribution >= 4 is 17.9 Å². The molecule has 4 atom stereocenters. The van der Waals surface area contributed by atoms with Crippen molar-refractivity contribution in [2.45, 2.75) is 32.0 Å². The number of pyridine rings is 1. The Kier molecular flexibility index (Phi) is 6.66. The summed E-state index contributed by atoms with van der Waals surface area (Å²) < 4.78 is 1.51. The number of benzene rings is 1. The summed E-state index contributed by atoms with van der Waals surface area (Å²) in [5.41, 5.74) is 1.48. The van der Waals surface area contributed by atoms with Crippen molar-refractivity contribution in [3.05, 3.63) is 58.0 Å². The largest absolute Gasteiger partial charge is 0.481 e. The molecule has 4 rings (SSSR count).